The highest BCUT2D eigenvalue weighted by Gasteiger charge is 2.26. The van der Waals surface area contributed by atoms with Gasteiger partial charge in [-0.25, -0.2) is 12.4 Å². The number of amides is 1. The topological polar surface area (TPSA) is 94.2 Å². The molecule has 1 aliphatic rings. The summed E-state index contributed by atoms with van der Waals surface area (Å²) in [6.45, 7) is 2.45. The summed E-state index contributed by atoms with van der Waals surface area (Å²) in [7, 11) is -3.70. The van der Waals surface area contributed by atoms with Gasteiger partial charge in [0.15, 0.2) is 0 Å². The van der Waals surface area contributed by atoms with E-state index in [2.05, 4.69) is 5.32 Å². The molecule has 1 saturated carbocycles. The molecule has 6 nitrogen and oxygen atoms in total. The van der Waals surface area contributed by atoms with Crippen LogP contribution < -0.4 is 11.1 Å². The van der Waals surface area contributed by atoms with Gasteiger partial charge in [-0.05, 0) is 50.4 Å². The maximum Gasteiger partial charge on any atom is 0.267 e. The normalized spacial score (nSPS) is 20.7. The average Bonchev–Trinajstić information content (AvgIpc) is 3.14. The number of nitrogens with zero attached hydrogens (tertiary/aromatic N) is 1. The second kappa shape index (κ2) is 7.63. The van der Waals surface area contributed by atoms with Crippen LogP contribution in [0.4, 0.5) is 0 Å². The number of nitrogens with one attached hydrogen (secondary N) is 1. The first kappa shape index (κ1) is 18.7. The molecule has 1 aromatic carbocycles. The first-order chi connectivity index (χ1) is 12.4. The molecule has 2 atom stereocenters. The predicted octanol–water partition coefficient (Wildman–Crippen LogP) is 2.28. The number of nitrogens with two attached hydrogens (primary N) is 1. The summed E-state index contributed by atoms with van der Waals surface area (Å²) < 4.78 is 26.5. The molecule has 140 valence electrons. The molecule has 2 unspecified atom stereocenters. The third-order valence-corrected chi connectivity index (χ3v) is 6.70. The van der Waals surface area contributed by atoms with Gasteiger partial charge in [0.05, 0.1) is 10.5 Å². The number of hydrogen-bond donors (Lipinski definition) is 2. The fourth-order valence-corrected chi connectivity index (χ4v) is 4.62. The summed E-state index contributed by atoms with van der Waals surface area (Å²) in [6.07, 6.45) is 6.92. The summed E-state index contributed by atoms with van der Waals surface area (Å²) in [5.41, 5.74) is 7.13. The minimum absolute atomic E-state index is 0.0540. The smallest absolute Gasteiger partial charge is 0.267 e. The summed E-state index contributed by atoms with van der Waals surface area (Å²) >= 11 is 0. The lowest BCUT2D eigenvalue weighted by atomic mass is 9.84. The lowest BCUT2D eigenvalue weighted by molar-refractivity contribution is 0.0908. The van der Waals surface area contributed by atoms with Gasteiger partial charge in [0.2, 0.25) is 0 Å². The average molecular weight is 375 g/mol. The van der Waals surface area contributed by atoms with E-state index in [0.29, 0.717) is 12.1 Å². The first-order valence-electron chi connectivity index (χ1n) is 8.93. The largest absolute Gasteiger partial charge is 0.349 e. The van der Waals surface area contributed by atoms with Crippen molar-refractivity contribution >= 4 is 15.9 Å². The van der Waals surface area contributed by atoms with E-state index in [0.717, 1.165) is 35.2 Å². The molecule has 0 saturated heterocycles. The predicted molar refractivity (Wildman–Crippen MR) is 100 cm³/mol. The van der Waals surface area contributed by atoms with Crippen LogP contribution in [0.5, 0.6) is 0 Å². The Morgan fingerprint density at radius 1 is 1.19 bits per heavy atom. The molecule has 26 heavy (non-hydrogen) atoms. The van der Waals surface area contributed by atoms with Gasteiger partial charge in [-0.1, -0.05) is 30.5 Å². The van der Waals surface area contributed by atoms with Crippen molar-refractivity contribution in [1.29, 1.82) is 0 Å². The molecule has 7 heteroatoms. The maximum absolute atomic E-state index is 12.7. The molecule has 1 heterocycles. The zero-order valence-electron chi connectivity index (χ0n) is 14.9. The van der Waals surface area contributed by atoms with Gasteiger partial charge in [-0.2, -0.15) is 0 Å². The van der Waals surface area contributed by atoms with Crippen LogP contribution in [0.1, 0.15) is 41.6 Å². The number of carbonyl (C=O) groups excluding carboxylic acids is 1. The van der Waals surface area contributed by atoms with Crippen LogP contribution in [0.25, 0.3) is 0 Å². The number of rotatable bonds is 5. The van der Waals surface area contributed by atoms with Crippen molar-refractivity contribution < 1.29 is 13.2 Å². The first-order valence-corrected chi connectivity index (χ1v) is 10.4. The van der Waals surface area contributed by atoms with Crippen LogP contribution in [0, 0.1) is 12.8 Å². The Kier molecular flexibility index (Phi) is 5.48. The number of aryl methyl sites for hydroxylation is 1. The van der Waals surface area contributed by atoms with Crippen molar-refractivity contribution in [2.45, 2.75) is 43.5 Å². The molecule has 0 radical (unpaired) electrons. The van der Waals surface area contributed by atoms with Gasteiger partial charge in [0.1, 0.15) is 0 Å². The van der Waals surface area contributed by atoms with Crippen LogP contribution in [-0.2, 0) is 10.0 Å². The van der Waals surface area contributed by atoms with Crippen molar-refractivity contribution in [1.82, 2.24) is 9.29 Å². The minimum atomic E-state index is -3.70. The highest BCUT2D eigenvalue weighted by molar-refractivity contribution is 7.90. The summed E-state index contributed by atoms with van der Waals surface area (Å²) in [5, 5.41) is 3.02. The van der Waals surface area contributed by atoms with Gasteiger partial charge < -0.3 is 11.1 Å². The molecule has 0 bridgehead atoms. The van der Waals surface area contributed by atoms with Crippen LogP contribution >= 0.6 is 0 Å². The van der Waals surface area contributed by atoms with Crippen LogP contribution in [0.2, 0.25) is 0 Å². The number of aromatic nitrogens is 1. The third-order valence-electron chi connectivity index (χ3n) is 5.05. The fraction of sp³-hybridized carbons (Fsp3) is 0.421. The Labute approximate surface area is 154 Å². The van der Waals surface area contributed by atoms with Crippen molar-refractivity contribution in [2.75, 3.05) is 6.54 Å². The second-order valence-electron chi connectivity index (χ2n) is 6.91. The molecular formula is C19H25N3O3S. The Morgan fingerprint density at radius 2 is 1.88 bits per heavy atom. The summed E-state index contributed by atoms with van der Waals surface area (Å²) in [6, 6.07) is 8.22. The second-order valence-corrected chi connectivity index (χ2v) is 8.75. The molecular weight excluding hydrogens is 350 g/mol. The lowest BCUT2D eigenvalue weighted by Gasteiger charge is -2.31. The highest BCUT2D eigenvalue weighted by Crippen LogP contribution is 2.24. The molecule has 3 N–H and O–H groups in total. The van der Waals surface area contributed by atoms with Crippen molar-refractivity contribution in [2.24, 2.45) is 11.7 Å². The van der Waals surface area contributed by atoms with Gasteiger partial charge >= 0.3 is 0 Å². The van der Waals surface area contributed by atoms with Crippen molar-refractivity contribution in [3.05, 3.63) is 53.9 Å². The molecule has 0 aliphatic heterocycles. The fourth-order valence-electron chi connectivity index (χ4n) is 3.42. The molecule has 3 rings (SSSR count). The Morgan fingerprint density at radius 3 is 2.58 bits per heavy atom. The van der Waals surface area contributed by atoms with Crippen molar-refractivity contribution in [3.8, 4) is 0 Å². The SMILES string of the molecule is Cc1ccc(S(=O)(=O)n2ccc(C(=O)NC3CCCCC3CN)c2)cc1. The Balaban J connectivity index is 1.76. The number of hydrogen-bond acceptors (Lipinski definition) is 4. The molecule has 2 aromatic rings. The number of benzene rings is 1. The third kappa shape index (κ3) is 3.83. The standard InChI is InChI=1S/C19H25N3O3S/c1-14-6-8-17(9-7-14)26(24,25)22-11-10-16(13-22)19(23)21-18-5-3-2-4-15(18)12-20/h6-11,13,15,18H,2-5,12,20H2,1H3,(H,21,23). The van der Waals surface area contributed by atoms with Crippen LogP contribution in [-0.4, -0.2) is 30.9 Å². The lowest BCUT2D eigenvalue weighted by Crippen LogP contribution is -2.44. The van der Waals surface area contributed by atoms with E-state index in [9.17, 15) is 13.2 Å². The van der Waals surface area contributed by atoms with E-state index in [1.165, 1.54) is 18.5 Å². The molecule has 1 amide bonds. The van der Waals surface area contributed by atoms with Crippen LogP contribution in [0.15, 0.2) is 47.6 Å². The maximum atomic E-state index is 12.7. The highest BCUT2D eigenvalue weighted by atomic mass is 32.2. The minimum Gasteiger partial charge on any atom is -0.349 e. The van der Waals surface area contributed by atoms with Gasteiger partial charge in [0, 0.05) is 18.4 Å². The van der Waals surface area contributed by atoms with E-state index in [-0.39, 0.29) is 22.8 Å². The van der Waals surface area contributed by atoms with E-state index < -0.39 is 10.0 Å². The van der Waals surface area contributed by atoms with E-state index >= 15 is 0 Å². The van der Waals surface area contributed by atoms with Crippen molar-refractivity contribution in [3.63, 3.8) is 0 Å². The van der Waals surface area contributed by atoms with E-state index in [1.54, 1.807) is 24.3 Å². The monoisotopic (exact) mass is 375 g/mol. The quantitative estimate of drug-likeness (QED) is 0.838. The van der Waals surface area contributed by atoms with Crippen LogP contribution in [0.3, 0.4) is 0 Å². The van der Waals surface area contributed by atoms with E-state index in [1.807, 2.05) is 6.92 Å². The molecule has 0 spiro atoms. The Bertz CT molecular complexity index is 872. The molecule has 1 aromatic heterocycles. The van der Waals surface area contributed by atoms with E-state index in [4.69, 9.17) is 5.73 Å². The van der Waals surface area contributed by atoms with Gasteiger partial charge in [-0.3, -0.25) is 4.79 Å². The Hall–Kier alpha value is -2.12. The van der Waals surface area contributed by atoms with Gasteiger partial charge in [0.25, 0.3) is 15.9 Å². The summed E-state index contributed by atoms with van der Waals surface area (Å²) in [5.74, 6) is 0.0271. The zero-order valence-corrected chi connectivity index (χ0v) is 15.7. The zero-order chi connectivity index (χ0) is 18.7. The molecule has 1 aliphatic carbocycles. The van der Waals surface area contributed by atoms with Gasteiger partial charge in [-0.15, -0.1) is 0 Å². The molecule has 1 fully saturated rings. The number of carbonyl (C=O) groups is 1. The summed E-state index contributed by atoms with van der Waals surface area (Å²) in [4.78, 5) is 12.7.